The van der Waals surface area contributed by atoms with Crippen LogP contribution in [0.2, 0.25) is 0 Å². The first-order valence-electron chi connectivity index (χ1n) is 6.98. The van der Waals surface area contributed by atoms with Crippen LogP contribution in [-0.4, -0.2) is 39.0 Å². The second-order valence-corrected chi connectivity index (χ2v) is 5.37. The molecule has 1 heterocycles. The highest BCUT2D eigenvalue weighted by atomic mass is 16.4. The quantitative estimate of drug-likeness (QED) is 0.935. The van der Waals surface area contributed by atoms with Gasteiger partial charge in [0.2, 0.25) is 0 Å². The van der Waals surface area contributed by atoms with Crippen molar-refractivity contribution in [2.45, 2.75) is 31.8 Å². The van der Waals surface area contributed by atoms with E-state index >= 15 is 0 Å². The van der Waals surface area contributed by atoms with Crippen molar-refractivity contribution in [3.05, 3.63) is 42.1 Å². The molecule has 1 aromatic carbocycles. The highest BCUT2D eigenvalue weighted by Gasteiger charge is 2.38. The summed E-state index contributed by atoms with van der Waals surface area (Å²) in [5, 5.41) is 10.1. The molecule has 1 N–H and O–H groups in total. The van der Waals surface area contributed by atoms with Gasteiger partial charge in [0, 0.05) is 23.2 Å². The number of aromatic nitrogens is 1. The molecule has 5 heteroatoms. The van der Waals surface area contributed by atoms with Gasteiger partial charge in [0.05, 0.1) is 5.52 Å². The van der Waals surface area contributed by atoms with Gasteiger partial charge in [0.1, 0.15) is 6.04 Å². The predicted octanol–water partition coefficient (Wildman–Crippen LogP) is 2.31. The maximum Gasteiger partial charge on any atom is 0.326 e. The molecule has 3 rings (SSSR count). The Morgan fingerprint density at radius 1 is 1.33 bits per heavy atom. The van der Waals surface area contributed by atoms with Crippen molar-refractivity contribution in [1.29, 1.82) is 0 Å². The van der Waals surface area contributed by atoms with E-state index in [0.717, 1.165) is 23.7 Å². The van der Waals surface area contributed by atoms with Gasteiger partial charge in [-0.25, -0.2) is 4.79 Å². The first-order chi connectivity index (χ1) is 10.1. The number of carbonyl (C=O) groups is 2. The van der Waals surface area contributed by atoms with E-state index in [2.05, 4.69) is 4.98 Å². The first-order valence-corrected chi connectivity index (χ1v) is 6.98. The van der Waals surface area contributed by atoms with E-state index in [1.807, 2.05) is 12.1 Å². The molecule has 2 aromatic rings. The standard InChI is InChI=1S/C16H16N2O3/c1-10(16(20)21)18(13-5-6-13)15(19)12-4-7-14-11(9-12)3-2-8-17-14/h2-4,7-10,13H,5-6H2,1H3,(H,20,21). The minimum atomic E-state index is -0.974. The minimum absolute atomic E-state index is 0.0493. The van der Waals surface area contributed by atoms with Crippen molar-refractivity contribution in [3.8, 4) is 0 Å². The van der Waals surface area contributed by atoms with Gasteiger partial charge in [0.15, 0.2) is 0 Å². The number of amides is 1. The van der Waals surface area contributed by atoms with Crippen LogP contribution in [0, 0.1) is 0 Å². The Balaban J connectivity index is 1.95. The fourth-order valence-corrected chi connectivity index (χ4v) is 2.49. The third-order valence-electron chi connectivity index (χ3n) is 3.80. The largest absolute Gasteiger partial charge is 0.480 e. The van der Waals surface area contributed by atoms with Crippen molar-refractivity contribution in [3.63, 3.8) is 0 Å². The lowest BCUT2D eigenvalue weighted by Gasteiger charge is -2.26. The number of nitrogens with zero attached hydrogens (tertiary/aromatic N) is 2. The molecule has 108 valence electrons. The van der Waals surface area contributed by atoms with E-state index in [1.54, 1.807) is 31.3 Å². The number of fused-ring (bicyclic) bond motifs is 1. The summed E-state index contributed by atoms with van der Waals surface area (Å²) in [4.78, 5) is 29.6. The van der Waals surface area contributed by atoms with Crippen LogP contribution in [-0.2, 0) is 4.79 Å². The molecular weight excluding hydrogens is 268 g/mol. The summed E-state index contributed by atoms with van der Waals surface area (Å²) in [6.07, 6.45) is 3.45. The lowest BCUT2D eigenvalue weighted by atomic mass is 10.1. The molecule has 1 unspecified atom stereocenters. The fraction of sp³-hybridized carbons (Fsp3) is 0.312. The zero-order valence-electron chi connectivity index (χ0n) is 11.7. The van der Waals surface area contributed by atoms with Gasteiger partial charge < -0.3 is 10.0 Å². The highest BCUT2D eigenvalue weighted by Crippen LogP contribution is 2.30. The van der Waals surface area contributed by atoms with Crippen LogP contribution in [0.5, 0.6) is 0 Å². The van der Waals surface area contributed by atoms with Crippen LogP contribution in [0.1, 0.15) is 30.1 Å². The summed E-state index contributed by atoms with van der Waals surface area (Å²) >= 11 is 0. The van der Waals surface area contributed by atoms with Crippen molar-refractivity contribution < 1.29 is 14.7 Å². The molecule has 0 saturated heterocycles. The Bertz CT molecular complexity index is 709. The number of carboxylic acid groups (broad SMARTS) is 1. The van der Waals surface area contributed by atoms with Gasteiger partial charge in [0.25, 0.3) is 5.91 Å². The third-order valence-corrected chi connectivity index (χ3v) is 3.80. The van der Waals surface area contributed by atoms with E-state index in [1.165, 1.54) is 4.90 Å². The summed E-state index contributed by atoms with van der Waals surface area (Å²) in [6, 6.07) is 8.22. The number of hydrogen-bond donors (Lipinski definition) is 1. The zero-order valence-corrected chi connectivity index (χ0v) is 11.7. The highest BCUT2D eigenvalue weighted by molar-refractivity contribution is 5.99. The van der Waals surface area contributed by atoms with Crippen molar-refractivity contribution in [1.82, 2.24) is 9.88 Å². The number of pyridine rings is 1. The number of hydrogen-bond acceptors (Lipinski definition) is 3. The smallest absolute Gasteiger partial charge is 0.326 e. The average Bonchev–Trinajstić information content (AvgIpc) is 3.31. The van der Waals surface area contributed by atoms with Gasteiger partial charge in [-0.05, 0) is 44.0 Å². The molecule has 1 aliphatic carbocycles. The Morgan fingerprint density at radius 2 is 2.10 bits per heavy atom. The number of benzene rings is 1. The molecule has 1 fully saturated rings. The molecule has 0 spiro atoms. The first kappa shape index (κ1) is 13.5. The summed E-state index contributed by atoms with van der Waals surface area (Å²) in [5.74, 6) is -1.20. The molecule has 0 radical (unpaired) electrons. The topological polar surface area (TPSA) is 70.5 Å². The average molecular weight is 284 g/mol. The SMILES string of the molecule is CC(C(=O)O)N(C(=O)c1ccc2ncccc2c1)C1CC1. The van der Waals surface area contributed by atoms with Gasteiger partial charge in [-0.3, -0.25) is 9.78 Å². The molecule has 1 aromatic heterocycles. The van der Waals surface area contributed by atoms with E-state index in [0.29, 0.717) is 5.56 Å². The Hall–Kier alpha value is -2.43. The lowest BCUT2D eigenvalue weighted by Crippen LogP contribution is -2.44. The maximum atomic E-state index is 12.7. The number of aliphatic carboxylic acids is 1. The minimum Gasteiger partial charge on any atom is -0.480 e. The second kappa shape index (κ2) is 5.16. The van der Waals surface area contributed by atoms with Gasteiger partial charge in [-0.1, -0.05) is 6.07 Å². The maximum absolute atomic E-state index is 12.7. The van der Waals surface area contributed by atoms with Gasteiger partial charge in [-0.15, -0.1) is 0 Å². The molecule has 1 atom stereocenters. The number of rotatable bonds is 4. The summed E-state index contributed by atoms with van der Waals surface area (Å²) < 4.78 is 0. The summed E-state index contributed by atoms with van der Waals surface area (Å²) in [6.45, 7) is 1.56. The van der Waals surface area contributed by atoms with E-state index in [-0.39, 0.29) is 11.9 Å². The lowest BCUT2D eigenvalue weighted by molar-refractivity contribution is -0.141. The molecule has 0 aliphatic heterocycles. The summed E-state index contributed by atoms with van der Waals surface area (Å²) in [7, 11) is 0. The third kappa shape index (κ3) is 2.59. The zero-order chi connectivity index (χ0) is 15.0. The molecule has 1 saturated carbocycles. The van der Waals surface area contributed by atoms with Gasteiger partial charge in [-0.2, -0.15) is 0 Å². The normalized spacial score (nSPS) is 15.7. The van der Waals surface area contributed by atoms with E-state index in [9.17, 15) is 14.7 Å². The Morgan fingerprint density at radius 3 is 2.76 bits per heavy atom. The second-order valence-electron chi connectivity index (χ2n) is 5.37. The van der Waals surface area contributed by atoms with Crippen LogP contribution < -0.4 is 0 Å². The Kier molecular flexibility index (Phi) is 3.33. The van der Waals surface area contributed by atoms with E-state index < -0.39 is 12.0 Å². The molecule has 1 amide bonds. The monoisotopic (exact) mass is 284 g/mol. The molecule has 0 bridgehead atoms. The van der Waals surface area contributed by atoms with E-state index in [4.69, 9.17) is 0 Å². The van der Waals surface area contributed by atoms with Crippen LogP contribution >= 0.6 is 0 Å². The number of carbonyl (C=O) groups excluding carboxylic acids is 1. The molecule has 1 aliphatic rings. The Labute approximate surface area is 122 Å². The number of carboxylic acids is 1. The van der Waals surface area contributed by atoms with Crippen molar-refractivity contribution in [2.75, 3.05) is 0 Å². The fourth-order valence-electron chi connectivity index (χ4n) is 2.49. The molecular formula is C16H16N2O3. The van der Waals surface area contributed by atoms with Crippen LogP contribution in [0.3, 0.4) is 0 Å². The molecule has 21 heavy (non-hydrogen) atoms. The molecule has 5 nitrogen and oxygen atoms in total. The van der Waals surface area contributed by atoms with Crippen molar-refractivity contribution >= 4 is 22.8 Å². The van der Waals surface area contributed by atoms with Crippen molar-refractivity contribution in [2.24, 2.45) is 0 Å². The summed E-state index contributed by atoms with van der Waals surface area (Å²) in [5.41, 5.74) is 1.33. The van der Waals surface area contributed by atoms with Crippen LogP contribution in [0.4, 0.5) is 0 Å². The predicted molar refractivity (Wildman–Crippen MR) is 78.0 cm³/mol. The van der Waals surface area contributed by atoms with Crippen LogP contribution in [0.15, 0.2) is 36.5 Å². The van der Waals surface area contributed by atoms with Gasteiger partial charge >= 0.3 is 5.97 Å². The van der Waals surface area contributed by atoms with Crippen LogP contribution in [0.25, 0.3) is 10.9 Å².